The van der Waals surface area contributed by atoms with Crippen molar-refractivity contribution >= 4 is 5.97 Å². The van der Waals surface area contributed by atoms with Crippen LogP contribution in [0.25, 0.3) is 0 Å². The summed E-state index contributed by atoms with van der Waals surface area (Å²) in [6.45, 7) is 1.73. The van der Waals surface area contributed by atoms with E-state index >= 15 is 0 Å². The Morgan fingerprint density at radius 3 is 2.36 bits per heavy atom. The summed E-state index contributed by atoms with van der Waals surface area (Å²) < 4.78 is 0. The van der Waals surface area contributed by atoms with Gasteiger partial charge >= 0.3 is 0 Å². The van der Waals surface area contributed by atoms with E-state index in [-0.39, 0.29) is 5.75 Å². The third-order valence-corrected chi connectivity index (χ3v) is 2.41. The van der Waals surface area contributed by atoms with Crippen molar-refractivity contribution in [2.75, 3.05) is 0 Å². The van der Waals surface area contributed by atoms with Crippen molar-refractivity contribution in [3.8, 4) is 5.75 Å². The lowest BCUT2D eigenvalue weighted by molar-refractivity contribution is -0.495. The van der Waals surface area contributed by atoms with Crippen LogP contribution >= 0.6 is 0 Å². The van der Waals surface area contributed by atoms with Crippen LogP contribution in [0.1, 0.15) is 18.9 Å². The highest BCUT2D eigenvalue weighted by Gasteiger charge is 2.31. The number of benzene rings is 1. The first-order chi connectivity index (χ1) is 6.50. The average Bonchev–Trinajstić information content (AvgIpc) is 2.17. The van der Waals surface area contributed by atoms with Crippen LogP contribution in [0.15, 0.2) is 24.3 Å². The zero-order valence-corrected chi connectivity index (χ0v) is 7.99. The van der Waals surface area contributed by atoms with Crippen LogP contribution in [0.2, 0.25) is 0 Å². The fourth-order valence-electron chi connectivity index (χ4n) is 1.25. The zero-order valence-electron chi connectivity index (χ0n) is 7.99. The molecule has 0 aliphatic carbocycles. The molecule has 1 aromatic rings. The molecule has 0 radical (unpaired) electrons. The summed E-state index contributed by atoms with van der Waals surface area (Å²) in [5.74, 6) is -1.10. The Bertz CT molecular complexity index is 334. The summed E-state index contributed by atoms with van der Waals surface area (Å²) in [6, 6.07) is 5.96. The SMILES string of the molecule is CC[C@]([NH3+])(C(=O)[O-])c1ccc(O)cc1. The molecule has 76 valence electrons. The number of aromatic hydroxyl groups is 1. The molecule has 0 heterocycles. The first-order valence-electron chi connectivity index (χ1n) is 4.37. The molecule has 0 bridgehead atoms. The first-order valence-corrected chi connectivity index (χ1v) is 4.37. The van der Waals surface area contributed by atoms with Gasteiger partial charge in [0.1, 0.15) is 11.7 Å². The largest absolute Gasteiger partial charge is 0.543 e. The van der Waals surface area contributed by atoms with Crippen molar-refractivity contribution in [2.24, 2.45) is 0 Å². The van der Waals surface area contributed by atoms with Crippen LogP contribution in [0.3, 0.4) is 0 Å². The van der Waals surface area contributed by atoms with Gasteiger partial charge in [0.2, 0.25) is 0 Å². The third-order valence-electron chi connectivity index (χ3n) is 2.41. The minimum absolute atomic E-state index is 0.102. The fourth-order valence-corrected chi connectivity index (χ4v) is 1.25. The monoisotopic (exact) mass is 195 g/mol. The molecule has 0 saturated carbocycles. The number of phenolic OH excluding ortho intramolecular Hbond substituents is 1. The molecular weight excluding hydrogens is 182 g/mol. The summed E-state index contributed by atoms with van der Waals surface area (Å²) >= 11 is 0. The van der Waals surface area contributed by atoms with Crippen molar-refractivity contribution in [2.45, 2.75) is 18.9 Å². The molecule has 4 heteroatoms. The van der Waals surface area contributed by atoms with Gasteiger partial charge in [-0.2, -0.15) is 0 Å². The number of carbonyl (C=O) groups excluding carboxylic acids is 1. The Hall–Kier alpha value is -1.55. The van der Waals surface area contributed by atoms with E-state index in [1.807, 2.05) is 0 Å². The van der Waals surface area contributed by atoms with E-state index < -0.39 is 11.5 Å². The molecule has 1 rings (SSSR count). The molecule has 4 nitrogen and oxygen atoms in total. The van der Waals surface area contributed by atoms with E-state index in [1.54, 1.807) is 19.1 Å². The molecule has 0 aromatic heterocycles. The summed E-state index contributed by atoms with van der Waals surface area (Å²) in [5.41, 5.74) is 2.95. The van der Waals surface area contributed by atoms with Crippen LogP contribution in [-0.2, 0) is 10.3 Å². The van der Waals surface area contributed by atoms with Crippen molar-refractivity contribution in [3.63, 3.8) is 0 Å². The zero-order chi connectivity index (χ0) is 10.8. The van der Waals surface area contributed by atoms with Gasteiger partial charge in [-0.3, -0.25) is 0 Å². The standard InChI is InChI=1S/C10H13NO3/c1-2-10(11,9(13)14)7-3-5-8(12)6-4-7/h3-6,12H,2,11H2,1H3,(H,13,14)/t10-/m1/s1. The topological polar surface area (TPSA) is 88.0 Å². The van der Waals surface area contributed by atoms with Gasteiger partial charge in [-0.25, -0.2) is 0 Å². The van der Waals surface area contributed by atoms with E-state index in [1.165, 1.54) is 12.1 Å². The summed E-state index contributed by atoms with van der Waals surface area (Å²) in [7, 11) is 0. The van der Waals surface area contributed by atoms with Crippen molar-refractivity contribution in [1.82, 2.24) is 0 Å². The molecule has 1 atom stereocenters. The number of hydrogen-bond donors (Lipinski definition) is 2. The summed E-state index contributed by atoms with van der Waals surface area (Å²) in [4.78, 5) is 10.9. The number of hydrogen-bond acceptors (Lipinski definition) is 3. The fraction of sp³-hybridized carbons (Fsp3) is 0.300. The van der Waals surface area contributed by atoms with Crippen molar-refractivity contribution in [1.29, 1.82) is 0 Å². The number of carbonyl (C=O) groups is 1. The Morgan fingerprint density at radius 2 is 2.00 bits per heavy atom. The Labute approximate surface area is 82.0 Å². The lowest BCUT2D eigenvalue weighted by Crippen LogP contribution is -2.76. The smallest absolute Gasteiger partial charge is 0.160 e. The van der Waals surface area contributed by atoms with Crippen LogP contribution in [0, 0.1) is 0 Å². The van der Waals surface area contributed by atoms with Crippen LogP contribution in [0.5, 0.6) is 5.75 Å². The molecule has 0 fully saturated rings. The Morgan fingerprint density at radius 1 is 1.50 bits per heavy atom. The number of aliphatic carboxylic acids is 1. The predicted octanol–water partition coefficient (Wildman–Crippen LogP) is -1.01. The highest BCUT2D eigenvalue weighted by atomic mass is 16.4. The van der Waals surface area contributed by atoms with Crippen LogP contribution in [-0.4, -0.2) is 11.1 Å². The van der Waals surface area contributed by atoms with Gasteiger partial charge in [0.25, 0.3) is 0 Å². The highest BCUT2D eigenvalue weighted by molar-refractivity contribution is 5.76. The van der Waals surface area contributed by atoms with Crippen molar-refractivity contribution < 1.29 is 20.7 Å². The number of quaternary nitrogens is 1. The summed E-state index contributed by atoms with van der Waals surface area (Å²) in [6.07, 6.45) is 0.347. The Kier molecular flexibility index (Phi) is 2.76. The maximum atomic E-state index is 10.9. The second-order valence-electron chi connectivity index (χ2n) is 3.27. The van der Waals surface area contributed by atoms with Crippen LogP contribution in [0.4, 0.5) is 0 Å². The lowest BCUT2D eigenvalue weighted by Gasteiger charge is -2.25. The van der Waals surface area contributed by atoms with Gasteiger partial charge in [0, 0.05) is 12.0 Å². The minimum atomic E-state index is -1.23. The average molecular weight is 195 g/mol. The van der Waals surface area contributed by atoms with Gasteiger partial charge in [-0.05, 0) is 24.3 Å². The molecular formula is C10H13NO3. The van der Waals surface area contributed by atoms with E-state index in [0.29, 0.717) is 12.0 Å². The normalized spacial score (nSPS) is 14.7. The summed E-state index contributed by atoms with van der Waals surface area (Å²) in [5, 5.41) is 20.0. The van der Waals surface area contributed by atoms with E-state index in [2.05, 4.69) is 5.73 Å². The number of rotatable bonds is 3. The molecule has 0 aliphatic heterocycles. The van der Waals surface area contributed by atoms with Gasteiger partial charge in [0.05, 0.1) is 0 Å². The molecule has 0 spiro atoms. The molecule has 0 aliphatic rings. The predicted molar refractivity (Wildman–Crippen MR) is 48.0 cm³/mol. The number of carboxylic acid groups (broad SMARTS) is 1. The van der Waals surface area contributed by atoms with Crippen LogP contribution < -0.4 is 10.8 Å². The third kappa shape index (κ3) is 1.70. The van der Waals surface area contributed by atoms with E-state index in [9.17, 15) is 9.90 Å². The minimum Gasteiger partial charge on any atom is -0.543 e. The lowest BCUT2D eigenvalue weighted by atomic mass is 9.88. The maximum absolute atomic E-state index is 10.9. The quantitative estimate of drug-likeness (QED) is 0.647. The second-order valence-corrected chi connectivity index (χ2v) is 3.27. The molecule has 4 N–H and O–H groups in total. The number of carboxylic acids is 1. The van der Waals surface area contributed by atoms with E-state index in [4.69, 9.17) is 5.11 Å². The van der Waals surface area contributed by atoms with Crippen molar-refractivity contribution in [3.05, 3.63) is 29.8 Å². The molecule has 14 heavy (non-hydrogen) atoms. The highest BCUT2D eigenvalue weighted by Crippen LogP contribution is 2.21. The maximum Gasteiger partial charge on any atom is 0.160 e. The van der Waals surface area contributed by atoms with Gasteiger partial charge < -0.3 is 20.7 Å². The van der Waals surface area contributed by atoms with Gasteiger partial charge in [0.15, 0.2) is 5.54 Å². The van der Waals surface area contributed by atoms with E-state index in [0.717, 1.165) is 0 Å². The molecule has 0 saturated heterocycles. The number of phenols is 1. The Balaban J connectivity index is 3.13. The second kappa shape index (κ2) is 3.67. The van der Waals surface area contributed by atoms with Gasteiger partial charge in [-0.15, -0.1) is 0 Å². The first kappa shape index (κ1) is 10.5. The molecule has 0 unspecified atom stereocenters. The molecule has 0 amide bonds. The van der Waals surface area contributed by atoms with Gasteiger partial charge in [-0.1, -0.05) is 6.92 Å². The molecule has 1 aromatic carbocycles.